The quantitative estimate of drug-likeness (QED) is 0.710. The molecule has 1 aromatic carbocycles. The number of carbonyl (C=O) groups is 2. The molecule has 2 atom stereocenters. The van der Waals surface area contributed by atoms with Gasteiger partial charge in [0.2, 0.25) is 0 Å². The molecule has 0 aliphatic carbocycles. The molecule has 0 heterocycles. The Morgan fingerprint density at radius 1 is 1.43 bits per heavy atom. The molecule has 3 N–H and O–H groups in total. The molecule has 6 nitrogen and oxygen atoms in total. The number of rotatable bonds is 6. The van der Waals surface area contributed by atoms with E-state index >= 15 is 0 Å². The Bertz CT molecular complexity index is 565. The number of benzene rings is 1. The summed E-state index contributed by atoms with van der Waals surface area (Å²) < 4.78 is 11.7. The Morgan fingerprint density at radius 2 is 2.10 bits per heavy atom. The summed E-state index contributed by atoms with van der Waals surface area (Å²) in [6, 6.07) is 4.13. The summed E-state index contributed by atoms with van der Waals surface area (Å²) in [5.74, 6) is -1.12. The molecule has 0 aliphatic rings. The van der Waals surface area contributed by atoms with Crippen molar-refractivity contribution in [1.82, 2.24) is 5.32 Å². The van der Waals surface area contributed by atoms with Gasteiger partial charge in [-0.05, 0) is 34.5 Å². The van der Waals surface area contributed by atoms with Crippen molar-refractivity contribution in [1.29, 1.82) is 0 Å². The van der Waals surface area contributed by atoms with E-state index in [2.05, 4.69) is 26.6 Å². The second-order valence-electron chi connectivity index (χ2n) is 4.45. The predicted octanol–water partition coefficient (Wildman–Crippen LogP) is 2.43. The molecule has 0 fully saturated rings. The first-order valence-electron chi connectivity index (χ1n) is 6.21. The van der Waals surface area contributed by atoms with E-state index < -0.39 is 22.8 Å². The van der Waals surface area contributed by atoms with Gasteiger partial charge in [-0.2, -0.15) is 0 Å². The Kier molecular flexibility index (Phi) is 6.83. The van der Waals surface area contributed by atoms with Crippen LogP contribution in [-0.4, -0.2) is 39.4 Å². The lowest BCUT2D eigenvalue weighted by molar-refractivity contribution is 0.0698. The molecular formula is C13H17BrN2O4S. The van der Waals surface area contributed by atoms with Crippen LogP contribution in [0.25, 0.3) is 0 Å². The van der Waals surface area contributed by atoms with E-state index in [1.54, 1.807) is 18.4 Å². The number of carbonyl (C=O) groups excluding carboxylic acids is 1. The highest BCUT2D eigenvalue weighted by molar-refractivity contribution is 9.10. The van der Waals surface area contributed by atoms with E-state index in [9.17, 15) is 13.8 Å². The van der Waals surface area contributed by atoms with E-state index in [4.69, 9.17) is 5.11 Å². The van der Waals surface area contributed by atoms with Crippen molar-refractivity contribution in [2.75, 3.05) is 18.1 Å². The number of carboxylic acids is 1. The normalized spacial score (nSPS) is 13.3. The summed E-state index contributed by atoms with van der Waals surface area (Å²) in [4.78, 5) is 22.9. The molecule has 0 saturated heterocycles. The van der Waals surface area contributed by atoms with Crippen LogP contribution in [0.2, 0.25) is 0 Å². The van der Waals surface area contributed by atoms with Crippen LogP contribution in [-0.2, 0) is 10.8 Å². The maximum atomic E-state index is 11.8. The zero-order valence-electron chi connectivity index (χ0n) is 11.7. The van der Waals surface area contributed by atoms with Gasteiger partial charge in [-0.1, -0.05) is 13.0 Å². The monoisotopic (exact) mass is 376 g/mol. The van der Waals surface area contributed by atoms with Crippen molar-refractivity contribution < 1.29 is 18.9 Å². The fraction of sp³-hybridized carbons (Fsp3) is 0.385. The molecule has 1 rings (SSSR count). The van der Waals surface area contributed by atoms with Crippen molar-refractivity contribution >= 4 is 44.4 Å². The third-order valence-corrected chi connectivity index (χ3v) is 4.92. The SMILES string of the molecule is CC(CCNC(=O)Nc1c(Br)cccc1C(=O)O)S(C)=O. The van der Waals surface area contributed by atoms with Crippen LogP contribution in [0.5, 0.6) is 0 Å². The Hall–Kier alpha value is -1.41. The molecule has 8 heteroatoms. The number of hydrogen-bond acceptors (Lipinski definition) is 3. The molecule has 0 spiro atoms. The molecular weight excluding hydrogens is 360 g/mol. The van der Waals surface area contributed by atoms with Gasteiger partial charge in [0, 0.05) is 33.3 Å². The number of para-hydroxylation sites is 1. The number of nitrogens with one attached hydrogen (secondary N) is 2. The van der Waals surface area contributed by atoms with Gasteiger partial charge in [0.15, 0.2) is 0 Å². The molecule has 0 radical (unpaired) electrons. The maximum absolute atomic E-state index is 11.8. The molecule has 0 saturated carbocycles. The lowest BCUT2D eigenvalue weighted by Gasteiger charge is -2.13. The average Bonchev–Trinajstić information content (AvgIpc) is 2.40. The predicted molar refractivity (Wildman–Crippen MR) is 86.3 cm³/mol. The van der Waals surface area contributed by atoms with Gasteiger partial charge < -0.3 is 15.7 Å². The Labute approximate surface area is 133 Å². The molecule has 21 heavy (non-hydrogen) atoms. The molecule has 0 bridgehead atoms. The zero-order valence-corrected chi connectivity index (χ0v) is 14.1. The molecule has 1 aromatic rings. The van der Waals surface area contributed by atoms with Crippen LogP contribution in [0, 0.1) is 0 Å². The number of urea groups is 1. The van der Waals surface area contributed by atoms with Gasteiger partial charge in [0.05, 0.1) is 11.3 Å². The van der Waals surface area contributed by atoms with Crippen LogP contribution >= 0.6 is 15.9 Å². The minimum Gasteiger partial charge on any atom is -0.478 e. The lowest BCUT2D eigenvalue weighted by Crippen LogP contribution is -2.32. The van der Waals surface area contributed by atoms with Crippen LogP contribution < -0.4 is 10.6 Å². The third kappa shape index (κ3) is 5.47. The molecule has 116 valence electrons. The number of halogens is 1. The van der Waals surface area contributed by atoms with Crippen LogP contribution in [0.1, 0.15) is 23.7 Å². The summed E-state index contributed by atoms with van der Waals surface area (Å²) >= 11 is 3.21. The van der Waals surface area contributed by atoms with E-state index in [1.807, 2.05) is 6.92 Å². The lowest BCUT2D eigenvalue weighted by atomic mass is 10.2. The van der Waals surface area contributed by atoms with E-state index in [0.29, 0.717) is 17.4 Å². The molecule has 0 aromatic heterocycles. The number of carboxylic acid groups (broad SMARTS) is 1. The molecule has 0 aliphatic heterocycles. The van der Waals surface area contributed by atoms with Crippen molar-refractivity contribution in [2.45, 2.75) is 18.6 Å². The van der Waals surface area contributed by atoms with Crippen LogP contribution in [0.4, 0.5) is 10.5 Å². The first-order valence-corrected chi connectivity index (χ1v) is 8.63. The van der Waals surface area contributed by atoms with Crippen LogP contribution in [0.3, 0.4) is 0 Å². The van der Waals surface area contributed by atoms with E-state index in [0.717, 1.165) is 0 Å². The van der Waals surface area contributed by atoms with Crippen LogP contribution in [0.15, 0.2) is 22.7 Å². The third-order valence-electron chi connectivity index (χ3n) is 2.89. The summed E-state index contributed by atoms with van der Waals surface area (Å²) in [5.41, 5.74) is 0.206. The Morgan fingerprint density at radius 3 is 2.67 bits per heavy atom. The van der Waals surface area contributed by atoms with Gasteiger partial charge in [0.1, 0.15) is 0 Å². The smallest absolute Gasteiger partial charge is 0.337 e. The van der Waals surface area contributed by atoms with Crippen molar-refractivity contribution in [3.63, 3.8) is 0 Å². The number of hydrogen-bond donors (Lipinski definition) is 3. The highest BCUT2D eigenvalue weighted by Crippen LogP contribution is 2.26. The summed E-state index contributed by atoms with van der Waals surface area (Å²) in [5, 5.41) is 14.2. The zero-order chi connectivity index (χ0) is 16.0. The number of amides is 2. The molecule has 2 unspecified atom stereocenters. The minimum absolute atomic E-state index is 0.00237. The van der Waals surface area contributed by atoms with E-state index in [1.165, 1.54) is 6.07 Å². The van der Waals surface area contributed by atoms with E-state index in [-0.39, 0.29) is 16.5 Å². The first-order chi connectivity index (χ1) is 9.82. The minimum atomic E-state index is -1.12. The summed E-state index contributed by atoms with van der Waals surface area (Å²) in [7, 11) is -0.933. The topological polar surface area (TPSA) is 95.5 Å². The first kappa shape index (κ1) is 17.6. The highest BCUT2D eigenvalue weighted by Gasteiger charge is 2.15. The molecule has 2 amide bonds. The Balaban J connectivity index is 2.63. The summed E-state index contributed by atoms with van der Waals surface area (Å²) in [6.07, 6.45) is 2.20. The highest BCUT2D eigenvalue weighted by atomic mass is 79.9. The largest absolute Gasteiger partial charge is 0.478 e. The van der Waals surface area contributed by atoms with Gasteiger partial charge in [-0.15, -0.1) is 0 Å². The standard InChI is InChI=1S/C13H17BrN2O4S/c1-8(21(2)20)6-7-15-13(19)16-11-9(12(17)18)4-3-5-10(11)14/h3-5,8H,6-7H2,1-2H3,(H,17,18)(H2,15,16,19). The van der Waals surface area contributed by atoms with Crippen molar-refractivity contribution in [2.24, 2.45) is 0 Å². The number of anilines is 1. The fourth-order valence-corrected chi connectivity index (χ4v) is 2.46. The second kappa shape index (κ2) is 8.14. The van der Waals surface area contributed by atoms with Crippen molar-refractivity contribution in [3.05, 3.63) is 28.2 Å². The maximum Gasteiger partial charge on any atom is 0.337 e. The summed E-state index contributed by atoms with van der Waals surface area (Å²) in [6.45, 7) is 2.20. The van der Waals surface area contributed by atoms with Gasteiger partial charge >= 0.3 is 12.0 Å². The fourth-order valence-electron chi connectivity index (χ4n) is 1.54. The van der Waals surface area contributed by atoms with Gasteiger partial charge in [-0.25, -0.2) is 9.59 Å². The van der Waals surface area contributed by atoms with Crippen molar-refractivity contribution in [3.8, 4) is 0 Å². The second-order valence-corrected chi connectivity index (χ2v) is 7.10. The average molecular weight is 377 g/mol. The number of aromatic carboxylic acids is 1. The van der Waals surface area contributed by atoms with Gasteiger partial charge in [0.25, 0.3) is 0 Å². The van der Waals surface area contributed by atoms with Gasteiger partial charge in [-0.3, -0.25) is 4.21 Å².